The molecule has 1 saturated heterocycles. The highest BCUT2D eigenvalue weighted by Crippen LogP contribution is 2.26. The van der Waals surface area contributed by atoms with Gasteiger partial charge in [0.1, 0.15) is 24.4 Å². The summed E-state index contributed by atoms with van der Waals surface area (Å²) < 4.78 is 17.6. The molecule has 1 heterocycles. The zero-order chi connectivity index (χ0) is 58.9. The molecule has 0 radical (unpaired) electrons. The van der Waals surface area contributed by atoms with E-state index in [9.17, 15) is 35.1 Å². The number of hydrogen-bond donors (Lipinski definition) is 6. The number of hydrogen-bond acceptors (Lipinski definition) is 10. The minimum absolute atomic E-state index is 0.116. The van der Waals surface area contributed by atoms with Crippen LogP contribution in [0.4, 0.5) is 0 Å². The molecule has 0 aromatic carbocycles. The number of aliphatic hydroxyl groups is 5. The number of carbonyl (C=O) groups excluding carboxylic acids is 2. The number of unbranched alkanes of at least 4 members (excludes halogenated alkanes) is 30. The maximum absolute atomic E-state index is 13.5. The average molecular weight is 1140 g/mol. The van der Waals surface area contributed by atoms with Crippen LogP contribution in [-0.2, 0) is 23.8 Å². The van der Waals surface area contributed by atoms with Gasteiger partial charge in [-0.05, 0) is 96.3 Å². The summed E-state index contributed by atoms with van der Waals surface area (Å²) in [4.78, 5) is 26.6. The van der Waals surface area contributed by atoms with E-state index in [0.717, 1.165) is 109 Å². The van der Waals surface area contributed by atoms with Gasteiger partial charge in [0.05, 0.1) is 25.4 Å². The second kappa shape index (κ2) is 57.3. The van der Waals surface area contributed by atoms with Crippen LogP contribution >= 0.6 is 0 Å². The van der Waals surface area contributed by atoms with Gasteiger partial charge in [-0.1, -0.05) is 266 Å². The van der Waals surface area contributed by atoms with Crippen LogP contribution in [0.5, 0.6) is 0 Å². The predicted molar refractivity (Wildman–Crippen MR) is 338 cm³/mol. The van der Waals surface area contributed by atoms with Gasteiger partial charge in [-0.3, -0.25) is 9.59 Å². The molecule has 6 N–H and O–H groups in total. The fourth-order valence-electron chi connectivity index (χ4n) is 10.0. The summed E-state index contributed by atoms with van der Waals surface area (Å²) in [6.07, 6.45) is 64.7. The van der Waals surface area contributed by atoms with Gasteiger partial charge in [-0.15, -0.1) is 0 Å². The highest BCUT2D eigenvalue weighted by Gasteiger charge is 2.47. The van der Waals surface area contributed by atoms with Crippen molar-refractivity contribution in [2.45, 2.75) is 333 Å². The predicted octanol–water partition coefficient (Wildman–Crippen LogP) is 16.5. The molecule has 1 amide bonds. The van der Waals surface area contributed by atoms with E-state index in [1.54, 1.807) is 6.08 Å². The van der Waals surface area contributed by atoms with E-state index in [0.29, 0.717) is 12.8 Å². The second-order valence-electron chi connectivity index (χ2n) is 22.8. The highest BCUT2D eigenvalue weighted by atomic mass is 16.7. The van der Waals surface area contributed by atoms with Crippen LogP contribution in [-0.4, -0.2) is 99.6 Å². The third kappa shape index (κ3) is 45.0. The summed E-state index contributed by atoms with van der Waals surface area (Å²) in [7, 11) is 0. The molecule has 81 heavy (non-hydrogen) atoms. The van der Waals surface area contributed by atoms with Crippen molar-refractivity contribution >= 4 is 11.9 Å². The SMILES string of the molecule is CC/C=C\C/C=C\C/C=C\C/C=C\C/C=C\CCCCCCCCCCC(O)C(=O)NC(COC1OC(CO)C(O)C(O)C1OC(=O)CCCCCCCCC/C=C/CCCCCCCC)C(O)/C=C/CCCCCCCCCCC. The van der Waals surface area contributed by atoms with Gasteiger partial charge in [-0.2, -0.15) is 0 Å². The highest BCUT2D eigenvalue weighted by molar-refractivity contribution is 5.80. The van der Waals surface area contributed by atoms with Crippen molar-refractivity contribution in [1.29, 1.82) is 0 Å². The van der Waals surface area contributed by atoms with Crippen molar-refractivity contribution in [3.63, 3.8) is 0 Å². The molecule has 8 atom stereocenters. The Hall–Kier alpha value is -3.16. The Balaban J connectivity index is 2.61. The summed E-state index contributed by atoms with van der Waals surface area (Å²) in [5.41, 5.74) is 0. The van der Waals surface area contributed by atoms with Crippen molar-refractivity contribution in [1.82, 2.24) is 5.32 Å². The zero-order valence-corrected chi connectivity index (χ0v) is 51.9. The number of nitrogens with one attached hydrogen (secondary N) is 1. The van der Waals surface area contributed by atoms with Crippen molar-refractivity contribution in [2.75, 3.05) is 13.2 Å². The number of amides is 1. The van der Waals surface area contributed by atoms with Gasteiger partial charge in [0.25, 0.3) is 0 Å². The first kappa shape index (κ1) is 75.9. The summed E-state index contributed by atoms with van der Waals surface area (Å²) in [6.45, 7) is 5.67. The fraction of sp³-hybridized carbons (Fsp3) is 0.771. The van der Waals surface area contributed by atoms with E-state index in [2.05, 4.69) is 99.0 Å². The Morgan fingerprint density at radius 3 is 1.35 bits per heavy atom. The van der Waals surface area contributed by atoms with Gasteiger partial charge < -0.3 is 45.1 Å². The maximum atomic E-state index is 13.5. The first-order valence-electron chi connectivity index (χ1n) is 33.4. The minimum Gasteiger partial charge on any atom is -0.454 e. The lowest BCUT2D eigenvalue weighted by Crippen LogP contribution is -2.61. The van der Waals surface area contributed by atoms with Crippen molar-refractivity contribution in [2.24, 2.45) is 0 Å². The Morgan fingerprint density at radius 2 is 0.889 bits per heavy atom. The maximum Gasteiger partial charge on any atom is 0.306 e. The molecule has 0 aromatic heterocycles. The molecule has 0 aliphatic carbocycles. The largest absolute Gasteiger partial charge is 0.454 e. The number of carbonyl (C=O) groups is 2. The first-order chi connectivity index (χ1) is 39.7. The molecule has 0 spiro atoms. The van der Waals surface area contributed by atoms with Crippen molar-refractivity contribution < 1.29 is 49.3 Å². The molecule has 1 rings (SSSR count). The average Bonchev–Trinajstić information content (AvgIpc) is 3.50. The lowest BCUT2D eigenvalue weighted by atomic mass is 9.99. The Kier molecular flexibility index (Phi) is 53.6. The normalized spacial score (nSPS) is 19.2. The molecule has 468 valence electrons. The number of esters is 1. The number of aliphatic hydroxyl groups excluding tert-OH is 5. The summed E-state index contributed by atoms with van der Waals surface area (Å²) in [6, 6.07) is -1.03. The molecule has 0 aromatic rings. The van der Waals surface area contributed by atoms with Crippen molar-refractivity contribution in [3.8, 4) is 0 Å². The van der Waals surface area contributed by atoms with Crippen LogP contribution in [0.1, 0.15) is 284 Å². The summed E-state index contributed by atoms with van der Waals surface area (Å²) in [5, 5.41) is 57.1. The minimum atomic E-state index is -1.62. The molecule has 1 fully saturated rings. The Bertz CT molecular complexity index is 1640. The van der Waals surface area contributed by atoms with Gasteiger partial charge in [-0.25, -0.2) is 0 Å². The zero-order valence-electron chi connectivity index (χ0n) is 51.9. The van der Waals surface area contributed by atoms with Gasteiger partial charge in [0.2, 0.25) is 5.91 Å². The van der Waals surface area contributed by atoms with Crippen LogP contribution in [0.25, 0.3) is 0 Å². The standard InChI is InChI=1S/C70H123NO10/c1-4-7-10-13-16-19-22-24-26-28-29-30-31-32-33-34-36-37-39-42-45-48-51-54-57-63(74)69(78)71-61(62(73)56-53-50-47-44-41-21-18-15-12-9-6-3)60-79-70-68(67(77)66(76)64(59-72)80-70)81-65(75)58-55-52-49-46-43-40-38-35-27-25-23-20-17-14-11-8-5-2/h7,10,16,19,24-27,29-30,32-33,53,56,61-64,66-68,70,72-74,76-77H,4-6,8-9,11-15,17-18,20-23,28,31,34-52,54-55,57-60H2,1-3H3,(H,71,78)/b10-7-,19-16-,26-24-,27-25+,30-29-,33-32-,56-53+. The van der Waals surface area contributed by atoms with Crippen LogP contribution in [0.15, 0.2) is 85.1 Å². The number of rotatable bonds is 56. The second-order valence-corrected chi connectivity index (χ2v) is 22.8. The summed E-state index contributed by atoms with van der Waals surface area (Å²) >= 11 is 0. The van der Waals surface area contributed by atoms with Gasteiger partial charge in [0.15, 0.2) is 12.4 Å². The molecular formula is C70H123NO10. The van der Waals surface area contributed by atoms with Crippen LogP contribution < -0.4 is 5.32 Å². The van der Waals surface area contributed by atoms with E-state index in [-0.39, 0.29) is 19.4 Å². The van der Waals surface area contributed by atoms with E-state index >= 15 is 0 Å². The monoisotopic (exact) mass is 1140 g/mol. The van der Waals surface area contributed by atoms with E-state index < -0.39 is 67.4 Å². The molecule has 11 heteroatoms. The van der Waals surface area contributed by atoms with Crippen LogP contribution in [0.2, 0.25) is 0 Å². The molecule has 0 bridgehead atoms. The number of ether oxygens (including phenoxy) is 3. The molecule has 1 aliphatic heterocycles. The third-order valence-corrected chi connectivity index (χ3v) is 15.3. The number of allylic oxidation sites excluding steroid dienone is 13. The van der Waals surface area contributed by atoms with Gasteiger partial charge in [0, 0.05) is 6.42 Å². The lowest BCUT2D eigenvalue weighted by molar-refractivity contribution is -0.305. The van der Waals surface area contributed by atoms with Crippen LogP contribution in [0, 0.1) is 0 Å². The molecule has 0 saturated carbocycles. The topological polar surface area (TPSA) is 175 Å². The third-order valence-electron chi connectivity index (χ3n) is 15.3. The molecule has 8 unspecified atom stereocenters. The molecule has 11 nitrogen and oxygen atoms in total. The van der Waals surface area contributed by atoms with Crippen molar-refractivity contribution in [3.05, 3.63) is 85.1 Å². The lowest BCUT2D eigenvalue weighted by Gasteiger charge is -2.41. The summed E-state index contributed by atoms with van der Waals surface area (Å²) in [5.74, 6) is -1.20. The Morgan fingerprint density at radius 1 is 0.494 bits per heavy atom. The van der Waals surface area contributed by atoms with E-state index in [4.69, 9.17) is 14.2 Å². The fourth-order valence-corrected chi connectivity index (χ4v) is 10.0. The smallest absolute Gasteiger partial charge is 0.306 e. The van der Waals surface area contributed by atoms with Crippen LogP contribution in [0.3, 0.4) is 0 Å². The molecular weight excluding hydrogens is 1010 g/mol. The van der Waals surface area contributed by atoms with Gasteiger partial charge >= 0.3 is 5.97 Å². The quantitative estimate of drug-likeness (QED) is 0.0195. The first-order valence-corrected chi connectivity index (χ1v) is 33.4. The van der Waals surface area contributed by atoms with E-state index in [1.165, 1.54) is 128 Å². The Labute approximate surface area is 495 Å². The molecule has 1 aliphatic rings. The van der Waals surface area contributed by atoms with E-state index in [1.807, 2.05) is 6.08 Å².